The summed E-state index contributed by atoms with van der Waals surface area (Å²) in [6.07, 6.45) is 0. The minimum Gasteiger partial charge on any atom is -0.459 e. The molecule has 0 spiro atoms. The third kappa shape index (κ3) is 2.61. The Morgan fingerprint density at radius 1 is 1.29 bits per heavy atom. The average molecular weight is 360 g/mol. The molecule has 122 valence electrons. The average Bonchev–Trinajstić information content (AvgIpc) is 3.13. The monoisotopic (exact) mass is 359 g/mol. The Bertz CT molecular complexity index is 918. The van der Waals surface area contributed by atoms with E-state index in [1.807, 2.05) is 43.3 Å². The molecule has 1 aliphatic heterocycles. The Labute approximate surface area is 147 Å². The second kappa shape index (κ2) is 6.03. The quantitative estimate of drug-likeness (QED) is 0.711. The third-order valence-electron chi connectivity index (χ3n) is 3.92. The van der Waals surface area contributed by atoms with Gasteiger partial charge in [0.2, 0.25) is 5.91 Å². The second-order valence-corrected chi connectivity index (χ2v) is 7.03. The van der Waals surface area contributed by atoms with Gasteiger partial charge in [0.1, 0.15) is 11.5 Å². The van der Waals surface area contributed by atoms with E-state index in [2.05, 4.69) is 15.5 Å². The molecule has 1 aromatic carbocycles. The molecule has 2 aromatic heterocycles. The van der Waals surface area contributed by atoms with E-state index in [0.717, 1.165) is 22.6 Å². The first-order valence-corrected chi connectivity index (χ1v) is 8.87. The summed E-state index contributed by atoms with van der Waals surface area (Å²) in [5.41, 5.74) is 2.72. The van der Waals surface area contributed by atoms with Gasteiger partial charge in [-0.25, -0.2) is 0 Å². The van der Waals surface area contributed by atoms with Crippen molar-refractivity contribution in [2.75, 3.05) is 11.1 Å². The van der Waals surface area contributed by atoms with Gasteiger partial charge in [-0.05, 0) is 31.2 Å². The van der Waals surface area contributed by atoms with Gasteiger partial charge in [0.15, 0.2) is 5.82 Å². The predicted molar refractivity (Wildman–Crippen MR) is 95.4 cm³/mol. The van der Waals surface area contributed by atoms with E-state index in [-0.39, 0.29) is 11.2 Å². The highest BCUT2D eigenvalue weighted by Gasteiger charge is 2.30. The lowest BCUT2D eigenvalue weighted by Crippen LogP contribution is -2.12. The first-order valence-electron chi connectivity index (χ1n) is 7.44. The number of carbonyl (C=O) groups excluding carboxylic acids is 1. The number of carbonyl (C=O) groups is 1. The molecule has 4 rings (SSSR count). The van der Waals surface area contributed by atoms with Gasteiger partial charge in [-0.2, -0.15) is 5.10 Å². The van der Waals surface area contributed by atoms with E-state index in [9.17, 15) is 4.79 Å². The van der Waals surface area contributed by atoms with E-state index < -0.39 is 0 Å². The lowest BCUT2D eigenvalue weighted by molar-refractivity contribution is -0.113. The molecule has 7 heteroatoms. The zero-order chi connectivity index (χ0) is 16.7. The SMILES string of the molecule is Cc1[nH]nc2c1C(c1ccc(-c3ccccc3Cl)o1)SCC(=O)N2. The summed E-state index contributed by atoms with van der Waals surface area (Å²) in [6.45, 7) is 1.94. The Balaban J connectivity index is 1.76. The highest BCUT2D eigenvalue weighted by Crippen LogP contribution is 2.44. The first-order chi connectivity index (χ1) is 11.6. The Kier molecular flexibility index (Phi) is 3.86. The molecule has 0 bridgehead atoms. The van der Waals surface area contributed by atoms with Crippen molar-refractivity contribution >= 4 is 35.1 Å². The number of halogens is 1. The lowest BCUT2D eigenvalue weighted by Gasteiger charge is -2.11. The molecule has 3 heterocycles. The molecule has 0 fully saturated rings. The summed E-state index contributed by atoms with van der Waals surface area (Å²) in [5.74, 6) is 2.35. The molecule has 0 saturated carbocycles. The van der Waals surface area contributed by atoms with E-state index in [0.29, 0.717) is 22.4 Å². The Morgan fingerprint density at radius 2 is 2.12 bits per heavy atom. The number of aromatic nitrogens is 2. The van der Waals surface area contributed by atoms with Gasteiger partial charge in [-0.3, -0.25) is 9.89 Å². The molecule has 5 nitrogen and oxygen atoms in total. The van der Waals surface area contributed by atoms with Crippen LogP contribution in [0.4, 0.5) is 5.82 Å². The number of nitrogens with one attached hydrogen (secondary N) is 2. The third-order valence-corrected chi connectivity index (χ3v) is 5.48. The molecule has 1 unspecified atom stereocenters. The van der Waals surface area contributed by atoms with Crippen molar-refractivity contribution in [3.8, 4) is 11.3 Å². The molecule has 0 radical (unpaired) electrons. The van der Waals surface area contributed by atoms with Crippen molar-refractivity contribution in [2.24, 2.45) is 0 Å². The summed E-state index contributed by atoms with van der Waals surface area (Å²) in [4.78, 5) is 11.9. The number of amides is 1. The highest BCUT2D eigenvalue weighted by atomic mass is 35.5. The van der Waals surface area contributed by atoms with Gasteiger partial charge in [-0.1, -0.05) is 23.7 Å². The van der Waals surface area contributed by atoms with Gasteiger partial charge >= 0.3 is 0 Å². The molecule has 1 amide bonds. The van der Waals surface area contributed by atoms with Gasteiger partial charge in [-0.15, -0.1) is 11.8 Å². The van der Waals surface area contributed by atoms with Crippen LogP contribution in [0.15, 0.2) is 40.8 Å². The van der Waals surface area contributed by atoms with Gasteiger partial charge in [0.05, 0.1) is 16.0 Å². The fourth-order valence-electron chi connectivity index (χ4n) is 2.79. The number of hydrogen-bond acceptors (Lipinski definition) is 4. The van der Waals surface area contributed by atoms with Gasteiger partial charge < -0.3 is 9.73 Å². The summed E-state index contributed by atoms with van der Waals surface area (Å²) in [6, 6.07) is 11.4. The zero-order valence-electron chi connectivity index (χ0n) is 12.8. The Hall–Kier alpha value is -2.18. The molecule has 24 heavy (non-hydrogen) atoms. The number of fused-ring (bicyclic) bond motifs is 1. The van der Waals surface area contributed by atoms with Crippen LogP contribution in [0.25, 0.3) is 11.3 Å². The maximum atomic E-state index is 11.9. The van der Waals surface area contributed by atoms with E-state index >= 15 is 0 Å². The van der Waals surface area contributed by atoms with Crippen LogP contribution < -0.4 is 5.32 Å². The summed E-state index contributed by atoms with van der Waals surface area (Å²) < 4.78 is 6.08. The van der Waals surface area contributed by atoms with E-state index in [1.165, 1.54) is 11.8 Å². The summed E-state index contributed by atoms with van der Waals surface area (Å²) >= 11 is 7.77. The van der Waals surface area contributed by atoms with Crippen LogP contribution in [0.1, 0.15) is 22.3 Å². The molecule has 1 atom stereocenters. The molecule has 2 N–H and O–H groups in total. The van der Waals surface area contributed by atoms with Crippen LogP contribution in [0.3, 0.4) is 0 Å². The van der Waals surface area contributed by atoms with Crippen LogP contribution in [-0.2, 0) is 4.79 Å². The number of furan rings is 1. The number of aromatic amines is 1. The maximum Gasteiger partial charge on any atom is 0.235 e. The Morgan fingerprint density at radius 3 is 2.96 bits per heavy atom. The number of aryl methyl sites for hydroxylation is 1. The molecule has 1 aliphatic rings. The molecule has 0 saturated heterocycles. The van der Waals surface area contributed by atoms with Crippen molar-refractivity contribution in [3.63, 3.8) is 0 Å². The molecular formula is C17H14ClN3O2S. The number of hydrogen-bond donors (Lipinski definition) is 2. The van der Waals surface area contributed by atoms with Crippen molar-refractivity contribution in [1.82, 2.24) is 10.2 Å². The van der Waals surface area contributed by atoms with E-state index in [1.54, 1.807) is 0 Å². The van der Waals surface area contributed by atoms with Gasteiger partial charge in [0.25, 0.3) is 0 Å². The standard InChI is InChI=1S/C17H14ClN3O2S/c1-9-15-16(24-8-14(22)19-17(15)21-20-9)13-7-6-12(23-13)10-4-2-3-5-11(10)18/h2-7,16H,8H2,1H3,(H2,19,20,21,22). The number of H-pyrrole nitrogens is 1. The van der Waals surface area contributed by atoms with Crippen LogP contribution in [-0.4, -0.2) is 21.9 Å². The molecular weight excluding hydrogens is 346 g/mol. The summed E-state index contributed by atoms with van der Waals surface area (Å²) in [7, 11) is 0. The molecule has 0 aliphatic carbocycles. The first kappa shape index (κ1) is 15.4. The van der Waals surface area contributed by atoms with Crippen molar-refractivity contribution < 1.29 is 9.21 Å². The van der Waals surface area contributed by atoms with Crippen molar-refractivity contribution in [2.45, 2.75) is 12.2 Å². The van der Waals surface area contributed by atoms with Crippen molar-refractivity contribution in [3.05, 3.63) is 58.4 Å². The van der Waals surface area contributed by atoms with Crippen LogP contribution in [0, 0.1) is 6.92 Å². The second-order valence-electron chi connectivity index (χ2n) is 5.53. The summed E-state index contributed by atoms with van der Waals surface area (Å²) in [5, 5.41) is 10.5. The van der Waals surface area contributed by atoms with Crippen molar-refractivity contribution in [1.29, 1.82) is 0 Å². The minimum atomic E-state index is -0.103. The maximum absolute atomic E-state index is 11.9. The fraction of sp³-hybridized carbons (Fsp3) is 0.176. The lowest BCUT2D eigenvalue weighted by atomic mass is 10.1. The largest absolute Gasteiger partial charge is 0.459 e. The number of thioether (sulfide) groups is 1. The highest BCUT2D eigenvalue weighted by molar-refractivity contribution is 8.00. The number of benzene rings is 1. The van der Waals surface area contributed by atoms with Crippen LogP contribution in [0.2, 0.25) is 5.02 Å². The number of nitrogens with zero attached hydrogens (tertiary/aromatic N) is 1. The predicted octanol–water partition coefficient (Wildman–Crippen LogP) is 4.41. The fourth-order valence-corrected chi connectivity index (χ4v) is 4.15. The zero-order valence-corrected chi connectivity index (χ0v) is 14.4. The molecule has 3 aromatic rings. The van der Waals surface area contributed by atoms with E-state index in [4.69, 9.17) is 16.0 Å². The van der Waals surface area contributed by atoms with Crippen LogP contribution >= 0.6 is 23.4 Å². The smallest absolute Gasteiger partial charge is 0.235 e. The minimum absolute atomic E-state index is 0.0619. The number of anilines is 1. The van der Waals surface area contributed by atoms with Crippen LogP contribution in [0.5, 0.6) is 0 Å². The number of rotatable bonds is 2. The topological polar surface area (TPSA) is 70.9 Å². The normalized spacial score (nSPS) is 17.2. The van der Waals surface area contributed by atoms with Gasteiger partial charge in [0, 0.05) is 16.8 Å².